The molecule has 0 unspecified atom stereocenters. The first kappa shape index (κ1) is 12.0. The number of methoxy groups -OCH3 is 1. The molecule has 5 heteroatoms. The average Bonchev–Trinajstić information content (AvgIpc) is 2.03. The van der Waals surface area contributed by atoms with Gasteiger partial charge in [0.1, 0.15) is 12.4 Å². The summed E-state index contributed by atoms with van der Waals surface area (Å²) in [5, 5.41) is 18.2. The zero-order valence-corrected chi connectivity index (χ0v) is 8.56. The van der Waals surface area contributed by atoms with Crippen LogP contribution in [0.2, 0.25) is 0 Å². The van der Waals surface area contributed by atoms with Crippen LogP contribution < -0.4 is 0 Å². The third kappa shape index (κ3) is 3.18. The molecule has 0 aromatic carbocycles. The van der Waals surface area contributed by atoms with Crippen LogP contribution in [0.1, 0.15) is 6.92 Å². The van der Waals surface area contributed by atoms with Gasteiger partial charge in [0.05, 0.1) is 17.0 Å². The molecule has 0 spiro atoms. The fourth-order valence-corrected chi connectivity index (χ4v) is 1.64. The first-order valence-corrected chi connectivity index (χ1v) is 4.44. The number of aliphatic hydroxyl groups excluding tert-OH is 2. The van der Waals surface area contributed by atoms with Crippen LogP contribution in [0, 0.1) is 0 Å². The second kappa shape index (κ2) is 5.64. The summed E-state index contributed by atoms with van der Waals surface area (Å²) >= 11 is 3.06. The van der Waals surface area contributed by atoms with E-state index in [1.54, 1.807) is 0 Å². The molecule has 0 aromatic heterocycles. The molecule has 0 fully saturated rings. The molecule has 0 heterocycles. The zero-order chi connectivity index (χ0) is 9.72. The van der Waals surface area contributed by atoms with E-state index >= 15 is 0 Å². The van der Waals surface area contributed by atoms with E-state index in [2.05, 4.69) is 15.9 Å². The maximum Gasteiger partial charge on any atom is 0.149 e. The van der Waals surface area contributed by atoms with Crippen molar-refractivity contribution in [3.63, 3.8) is 0 Å². The summed E-state index contributed by atoms with van der Waals surface area (Å²) in [6, 6.07) is 0. The molecular formula is C7H13BrO4. The summed E-state index contributed by atoms with van der Waals surface area (Å²) in [5.41, 5.74) is 0. The van der Waals surface area contributed by atoms with Crippen molar-refractivity contribution < 1.29 is 19.7 Å². The maximum absolute atomic E-state index is 10.2. The van der Waals surface area contributed by atoms with Gasteiger partial charge in [-0.3, -0.25) is 0 Å². The van der Waals surface area contributed by atoms with Crippen LogP contribution in [0.3, 0.4) is 0 Å². The lowest BCUT2D eigenvalue weighted by atomic mass is 10.1. The lowest BCUT2D eigenvalue weighted by Gasteiger charge is -2.24. The third-order valence-corrected chi connectivity index (χ3v) is 2.59. The highest BCUT2D eigenvalue weighted by Gasteiger charge is 2.29. The van der Waals surface area contributed by atoms with Gasteiger partial charge in [0.25, 0.3) is 0 Å². The maximum atomic E-state index is 10.2. The molecule has 2 N–H and O–H groups in total. The van der Waals surface area contributed by atoms with Gasteiger partial charge in [0.2, 0.25) is 0 Å². The van der Waals surface area contributed by atoms with Gasteiger partial charge >= 0.3 is 0 Å². The monoisotopic (exact) mass is 240 g/mol. The minimum atomic E-state index is -1.16. The Morgan fingerprint density at radius 1 is 1.50 bits per heavy atom. The van der Waals surface area contributed by atoms with Crippen molar-refractivity contribution in [3.05, 3.63) is 0 Å². The first-order valence-electron chi connectivity index (χ1n) is 3.52. The van der Waals surface area contributed by atoms with Crippen LogP contribution in [0.5, 0.6) is 0 Å². The Morgan fingerprint density at radius 3 is 2.25 bits per heavy atom. The molecule has 0 aliphatic rings. The molecule has 0 saturated carbocycles. The predicted octanol–water partition coefficient (Wildman–Crippen LogP) is -0.295. The summed E-state index contributed by atoms with van der Waals surface area (Å²) in [4.78, 5) is 9.59. The number of rotatable bonds is 5. The number of ether oxygens (including phenoxy) is 1. The Morgan fingerprint density at radius 2 is 2.00 bits per heavy atom. The molecule has 0 aliphatic heterocycles. The SMILES string of the molecule is CO[C@@H]([C@H](Br)[C@@H](O)C=O)[C@@H](C)O. The number of aliphatic hydroxyl groups is 2. The van der Waals surface area contributed by atoms with E-state index in [0.29, 0.717) is 6.29 Å². The van der Waals surface area contributed by atoms with E-state index in [9.17, 15) is 4.79 Å². The minimum absolute atomic E-state index is 0.397. The highest BCUT2D eigenvalue weighted by Crippen LogP contribution is 2.15. The van der Waals surface area contributed by atoms with Crippen molar-refractivity contribution in [2.75, 3.05) is 7.11 Å². The molecule has 0 rings (SSSR count). The van der Waals surface area contributed by atoms with Crippen LogP contribution in [0.15, 0.2) is 0 Å². The minimum Gasteiger partial charge on any atom is -0.391 e. The second-order valence-corrected chi connectivity index (χ2v) is 3.57. The standard InChI is InChI=1S/C7H13BrO4/c1-4(10)7(12-2)6(8)5(11)3-9/h3-7,10-11H,1-2H3/t4-,5+,6-,7-/m1/s1. The molecule has 4 nitrogen and oxygen atoms in total. The van der Waals surface area contributed by atoms with Gasteiger partial charge in [-0.1, -0.05) is 15.9 Å². The second-order valence-electron chi connectivity index (χ2n) is 2.51. The van der Waals surface area contributed by atoms with Crippen molar-refractivity contribution >= 4 is 22.2 Å². The van der Waals surface area contributed by atoms with Gasteiger partial charge in [-0.05, 0) is 6.92 Å². The lowest BCUT2D eigenvalue weighted by molar-refractivity contribution is -0.117. The Balaban J connectivity index is 4.19. The van der Waals surface area contributed by atoms with E-state index in [0.717, 1.165) is 0 Å². The number of alkyl halides is 1. The first-order chi connectivity index (χ1) is 5.54. The third-order valence-electron chi connectivity index (χ3n) is 1.53. The van der Waals surface area contributed by atoms with Crippen LogP contribution in [-0.2, 0) is 9.53 Å². The predicted molar refractivity (Wildman–Crippen MR) is 47.3 cm³/mol. The Hall–Kier alpha value is 0.0300. The lowest BCUT2D eigenvalue weighted by Crippen LogP contribution is -2.41. The van der Waals surface area contributed by atoms with Crippen molar-refractivity contribution in [3.8, 4) is 0 Å². The molecule has 12 heavy (non-hydrogen) atoms. The van der Waals surface area contributed by atoms with Crippen LogP contribution >= 0.6 is 15.9 Å². The molecule has 0 saturated heterocycles. The van der Waals surface area contributed by atoms with Crippen molar-refractivity contribution in [1.29, 1.82) is 0 Å². The molecule has 0 aromatic rings. The topological polar surface area (TPSA) is 66.8 Å². The van der Waals surface area contributed by atoms with Crippen molar-refractivity contribution in [1.82, 2.24) is 0 Å². The number of hydrogen-bond acceptors (Lipinski definition) is 4. The Labute approximate surface area is 79.7 Å². The van der Waals surface area contributed by atoms with Crippen LogP contribution in [0.4, 0.5) is 0 Å². The normalized spacial score (nSPS) is 21.1. The molecule has 0 aliphatic carbocycles. The smallest absolute Gasteiger partial charge is 0.149 e. The van der Waals surface area contributed by atoms with E-state index in [1.165, 1.54) is 14.0 Å². The number of carbonyl (C=O) groups is 1. The van der Waals surface area contributed by atoms with Crippen LogP contribution in [-0.4, -0.2) is 46.7 Å². The quantitative estimate of drug-likeness (QED) is 0.512. The molecule has 0 bridgehead atoms. The summed E-state index contributed by atoms with van der Waals surface area (Å²) in [6.45, 7) is 1.53. The highest BCUT2D eigenvalue weighted by molar-refractivity contribution is 9.09. The van der Waals surface area contributed by atoms with Gasteiger partial charge < -0.3 is 19.7 Å². The largest absolute Gasteiger partial charge is 0.391 e. The summed E-state index contributed by atoms with van der Waals surface area (Å²) in [7, 11) is 1.41. The van der Waals surface area contributed by atoms with Gasteiger partial charge in [0, 0.05) is 7.11 Å². The summed E-state index contributed by atoms with van der Waals surface area (Å²) in [6.07, 6.45) is -2.10. The Kier molecular flexibility index (Phi) is 5.65. The van der Waals surface area contributed by atoms with E-state index < -0.39 is 23.1 Å². The molecular weight excluding hydrogens is 228 g/mol. The van der Waals surface area contributed by atoms with E-state index in [-0.39, 0.29) is 0 Å². The van der Waals surface area contributed by atoms with Gasteiger partial charge in [0.15, 0.2) is 0 Å². The fourth-order valence-electron chi connectivity index (χ4n) is 0.862. The number of aldehydes is 1. The van der Waals surface area contributed by atoms with E-state index in [1.807, 2.05) is 0 Å². The van der Waals surface area contributed by atoms with Gasteiger partial charge in [-0.2, -0.15) is 0 Å². The van der Waals surface area contributed by atoms with Gasteiger partial charge in [-0.15, -0.1) is 0 Å². The number of hydrogen-bond donors (Lipinski definition) is 2. The van der Waals surface area contributed by atoms with E-state index in [4.69, 9.17) is 14.9 Å². The summed E-state index contributed by atoms with van der Waals surface area (Å²) < 4.78 is 4.88. The molecule has 72 valence electrons. The summed E-state index contributed by atoms with van der Waals surface area (Å²) in [5.74, 6) is 0. The molecule has 0 radical (unpaired) electrons. The average molecular weight is 241 g/mol. The molecule has 4 atom stereocenters. The van der Waals surface area contributed by atoms with Crippen LogP contribution in [0.25, 0.3) is 0 Å². The zero-order valence-electron chi connectivity index (χ0n) is 6.98. The fraction of sp³-hybridized carbons (Fsp3) is 0.857. The number of halogens is 1. The molecule has 0 amide bonds. The van der Waals surface area contributed by atoms with Gasteiger partial charge in [-0.25, -0.2) is 0 Å². The number of carbonyl (C=O) groups excluding carboxylic acids is 1. The van der Waals surface area contributed by atoms with Crippen molar-refractivity contribution in [2.24, 2.45) is 0 Å². The Bertz CT molecular complexity index is 139. The van der Waals surface area contributed by atoms with Crippen molar-refractivity contribution in [2.45, 2.75) is 30.1 Å². The highest BCUT2D eigenvalue weighted by atomic mass is 79.9.